The minimum atomic E-state index is 1.11. The van der Waals surface area contributed by atoms with Crippen molar-refractivity contribution in [2.75, 3.05) is 19.6 Å². The van der Waals surface area contributed by atoms with Crippen LogP contribution in [0, 0.1) is 0 Å². The summed E-state index contributed by atoms with van der Waals surface area (Å²) in [6.45, 7) is 0. The van der Waals surface area contributed by atoms with E-state index >= 15 is 0 Å². The van der Waals surface area contributed by atoms with Gasteiger partial charge < -0.3 is 19.6 Å². The van der Waals surface area contributed by atoms with Crippen LogP contribution in [0.4, 0.5) is 68.2 Å². The Kier molecular flexibility index (Phi) is 9.42. The van der Waals surface area contributed by atoms with Crippen molar-refractivity contribution in [1.29, 1.82) is 0 Å². The van der Waals surface area contributed by atoms with Gasteiger partial charge in [0, 0.05) is 63.1 Å². The number of hydrogen-bond acceptors (Lipinski definition) is 6. The molecule has 12 aromatic carbocycles. The number of hydrogen-bond donors (Lipinski definition) is 0. The molecule has 0 saturated carbocycles. The Morgan fingerprint density at radius 1 is 0.179 bits per heavy atom. The van der Waals surface area contributed by atoms with E-state index in [1.54, 1.807) is 0 Å². The van der Waals surface area contributed by atoms with Crippen molar-refractivity contribution in [1.82, 2.24) is 0 Å². The zero-order valence-electron chi connectivity index (χ0n) is 42.0. The molecular formula is C72H44N4S2. The quantitative estimate of drug-likeness (QED) is 0.174. The molecule has 3 aliphatic rings. The molecule has 2 aromatic heterocycles. The van der Waals surface area contributed by atoms with Crippen molar-refractivity contribution in [3.63, 3.8) is 0 Å². The van der Waals surface area contributed by atoms with E-state index in [1.807, 2.05) is 22.7 Å². The summed E-state index contributed by atoms with van der Waals surface area (Å²) in [5.41, 5.74) is 23.2. The van der Waals surface area contributed by atoms with Gasteiger partial charge in [0.05, 0.1) is 45.5 Å². The number of thiophene rings is 2. The minimum absolute atomic E-state index is 1.11. The van der Waals surface area contributed by atoms with Gasteiger partial charge in [-0.25, -0.2) is 0 Å². The van der Waals surface area contributed by atoms with Crippen molar-refractivity contribution in [3.8, 4) is 44.5 Å². The highest BCUT2D eigenvalue weighted by Crippen LogP contribution is 2.60. The highest BCUT2D eigenvalue weighted by atomic mass is 32.1. The molecule has 78 heavy (non-hydrogen) atoms. The molecule has 0 spiro atoms. The van der Waals surface area contributed by atoms with E-state index in [9.17, 15) is 0 Å². The third-order valence-electron chi connectivity index (χ3n) is 16.2. The maximum Gasteiger partial charge on any atom is 0.0717 e. The van der Waals surface area contributed by atoms with Gasteiger partial charge >= 0.3 is 0 Å². The summed E-state index contributed by atoms with van der Waals surface area (Å²) in [6, 6.07) is 99.2. The van der Waals surface area contributed by atoms with Gasteiger partial charge in [-0.2, -0.15) is 0 Å². The molecule has 0 saturated heterocycles. The molecule has 4 nitrogen and oxygen atoms in total. The van der Waals surface area contributed by atoms with E-state index in [1.165, 1.54) is 84.9 Å². The first-order chi connectivity index (χ1) is 38.7. The molecule has 0 fully saturated rings. The fourth-order valence-electron chi connectivity index (χ4n) is 12.8. The van der Waals surface area contributed by atoms with Gasteiger partial charge in [-0.05, 0) is 154 Å². The highest BCUT2D eigenvalue weighted by Gasteiger charge is 2.35. The van der Waals surface area contributed by atoms with E-state index in [4.69, 9.17) is 0 Å². The third-order valence-corrected chi connectivity index (χ3v) is 18.5. The SMILES string of the molecule is c1ccc(N2c3ccccc3N(c3ccc4c(c3)-c3ccccc3-c3ccc(N5c6ccccc6N(c6ccccc6)c6cc7c(cc65)sc5ccccc57)cc3-c3ccccc3-4)c3cc4sc5ccccc5c4cc32)cc1. The zero-order chi connectivity index (χ0) is 51.0. The summed E-state index contributed by atoms with van der Waals surface area (Å²) in [5.74, 6) is 0. The lowest BCUT2D eigenvalue weighted by Gasteiger charge is -2.41. The molecule has 0 radical (unpaired) electrons. The predicted molar refractivity (Wildman–Crippen MR) is 333 cm³/mol. The minimum Gasteiger partial charge on any atom is -0.306 e. The summed E-state index contributed by atoms with van der Waals surface area (Å²) in [4.78, 5) is 9.90. The van der Waals surface area contributed by atoms with Crippen LogP contribution in [-0.2, 0) is 0 Å². The number of rotatable bonds is 4. The second kappa shape index (κ2) is 16.9. The molecule has 0 N–H and O–H groups in total. The van der Waals surface area contributed by atoms with Crippen LogP contribution in [0.1, 0.15) is 0 Å². The molecule has 14 aromatic rings. The summed E-state index contributed by atoms with van der Waals surface area (Å²) in [5, 5.41) is 5.13. The predicted octanol–water partition coefficient (Wildman–Crippen LogP) is 21.9. The van der Waals surface area contributed by atoms with Crippen LogP contribution in [0.5, 0.6) is 0 Å². The fraction of sp³-hybridized carbons (Fsp3) is 0. The topological polar surface area (TPSA) is 13.0 Å². The number of para-hydroxylation sites is 6. The molecule has 2 aliphatic heterocycles. The van der Waals surface area contributed by atoms with Crippen LogP contribution < -0.4 is 19.6 Å². The second-order valence-electron chi connectivity index (χ2n) is 20.4. The van der Waals surface area contributed by atoms with Crippen molar-refractivity contribution < 1.29 is 0 Å². The second-order valence-corrected chi connectivity index (χ2v) is 22.6. The van der Waals surface area contributed by atoms with Gasteiger partial charge in [0.25, 0.3) is 0 Å². The normalized spacial score (nSPS) is 13.0. The van der Waals surface area contributed by atoms with E-state index in [0.29, 0.717) is 0 Å². The van der Waals surface area contributed by atoms with E-state index in [-0.39, 0.29) is 0 Å². The van der Waals surface area contributed by atoms with Crippen LogP contribution in [-0.4, -0.2) is 0 Å². The van der Waals surface area contributed by atoms with Crippen molar-refractivity contribution >= 4 is 131 Å². The van der Waals surface area contributed by atoms with Gasteiger partial charge in [-0.15, -0.1) is 22.7 Å². The Labute approximate surface area is 459 Å². The summed E-state index contributed by atoms with van der Waals surface area (Å²) >= 11 is 3.74. The van der Waals surface area contributed by atoms with E-state index < -0.39 is 0 Å². The maximum atomic E-state index is 2.50. The molecule has 0 unspecified atom stereocenters. The van der Waals surface area contributed by atoms with Crippen molar-refractivity contribution in [3.05, 3.63) is 267 Å². The largest absolute Gasteiger partial charge is 0.306 e. The van der Waals surface area contributed by atoms with Crippen LogP contribution in [0.15, 0.2) is 267 Å². The summed E-state index contributed by atoms with van der Waals surface area (Å²) < 4.78 is 5.13. The molecular weight excluding hydrogens is 985 g/mol. The van der Waals surface area contributed by atoms with Gasteiger partial charge in [0.1, 0.15) is 0 Å². The van der Waals surface area contributed by atoms with Crippen molar-refractivity contribution in [2.45, 2.75) is 0 Å². The lowest BCUT2D eigenvalue weighted by atomic mass is 9.80. The Balaban J connectivity index is 0.864. The fourth-order valence-corrected chi connectivity index (χ4v) is 15.1. The van der Waals surface area contributed by atoms with Gasteiger partial charge in [0.2, 0.25) is 0 Å². The Hall–Kier alpha value is -9.72. The molecule has 364 valence electrons. The van der Waals surface area contributed by atoms with Crippen LogP contribution in [0.3, 0.4) is 0 Å². The molecule has 4 heterocycles. The number of anilines is 12. The summed E-state index contributed by atoms with van der Waals surface area (Å²) in [7, 11) is 0. The third kappa shape index (κ3) is 6.39. The zero-order valence-corrected chi connectivity index (χ0v) is 43.6. The van der Waals surface area contributed by atoms with Gasteiger partial charge in [0.15, 0.2) is 0 Å². The number of fused-ring (bicyclic) bond motifs is 18. The van der Waals surface area contributed by atoms with Gasteiger partial charge in [-0.3, -0.25) is 0 Å². The molecule has 17 rings (SSSR count). The van der Waals surface area contributed by atoms with Crippen LogP contribution in [0.25, 0.3) is 84.9 Å². The average molecular weight is 1030 g/mol. The lowest BCUT2D eigenvalue weighted by Crippen LogP contribution is -2.24. The number of nitrogens with zero attached hydrogens (tertiary/aromatic N) is 4. The molecule has 0 amide bonds. The maximum absolute atomic E-state index is 2.50. The average Bonchev–Trinajstić information content (AvgIpc) is 4.22. The van der Waals surface area contributed by atoms with Gasteiger partial charge in [-0.1, -0.05) is 158 Å². The van der Waals surface area contributed by atoms with Crippen molar-refractivity contribution in [2.24, 2.45) is 0 Å². The highest BCUT2D eigenvalue weighted by molar-refractivity contribution is 7.26. The Bertz CT molecular complexity index is 4480. The van der Waals surface area contributed by atoms with Crippen LogP contribution >= 0.6 is 22.7 Å². The Morgan fingerprint density at radius 2 is 0.487 bits per heavy atom. The lowest BCUT2D eigenvalue weighted by molar-refractivity contribution is 1.17. The standard InChI is InChI=1S/C72H44N4S2/c1-3-19-45(20-4-1)73-61-29-13-15-31-63(61)75(67-43-71-59(41-65(67)73)55-27-11-17-33-69(55)77-71)47-35-37-53-50-24-8-10-26-52(50)58-40-48(36-38-54(58)49-23-7-9-25-51(49)57(53)39-47)76-64-32-16-14-30-62(64)74(46-21-5-2-6-22-46)66-42-60-56-28-12-18-34-70(56)78-72(60)44-68(66)76/h1-44H. The molecule has 6 heteroatoms. The first-order valence-electron chi connectivity index (χ1n) is 26.6. The molecule has 0 bridgehead atoms. The first kappa shape index (κ1) is 43.5. The molecule has 0 atom stereocenters. The van der Waals surface area contributed by atoms with E-state index in [2.05, 4.69) is 287 Å². The Morgan fingerprint density at radius 3 is 0.897 bits per heavy atom. The molecule has 1 aliphatic carbocycles. The summed E-state index contributed by atoms with van der Waals surface area (Å²) in [6.07, 6.45) is 0. The van der Waals surface area contributed by atoms with Crippen LogP contribution in [0.2, 0.25) is 0 Å². The smallest absolute Gasteiger partial charge is 0.0717 e. The van der Waals surface area contributed by atoms with E-state index in [0.717, 1.165) is 68.2 Å². The first-order valence-corrected chi connectivity index (χ1v) is 28.2. The number of benzene rings is 12. The monoisotopic (exact) mass is 1030 g/mol.